The SMILES string of the molecule is CCOC(=O)C1(C(=O)OCC)c2cc(F)ccc2N[C@@]12C(=O)N(C)c1ccccc12. The Hall–Kier alpha value is -3.42. The Labute approximate surface area is 172 Å². The van der Waals surface area contributed by atoms with E-state index in [4.69, 9.17) is 9.47 Å². The van der Waals surface area contributed by atoms with Crippen molar-refractivity contribution in [2.24, 2.45) is 0 Å². The first-order valence-electron chi connectivity index (χ1n) is 9.66. The van der Waals surface area contributed by atoms with Crippen molar-refractivity contribution < 1.29 is 28.2 Å². The average molecular weight is 412 g/mol. The largest absolute Gasteiger partial charge is 0.465 e. The molecule has 1 spiro atoms. The third-order valence-electron chi connectivity index (χ3n) is 5.73. The van der Waals surface area contributed by atoms with Gasteiger partial charge in [-0.2, -0.15) is 0 Å². The molecule has 0 saturated heterocycles. The van der Waals surface area contributed by atoms with Gasteiger partial charge in [-0.15, -0.1) is 0 Å². The van der Waals surface area contributed by atoms with Crippen LogP contribution in [-0.4, -0.2) is 38.1 Å². The minimum absolute atomic E-state index is 0.0119. The lowest BCUT2D eigenvalue weighted by atomic mass is 9.64. The predicted molar refractivity (Wildman–Crippen MR) is 106 cm³/mol. The molecule has 156 valence electrons. The van der Waals surface area contributed by atoms with Crippen molar-refractivity contribution in [3.8, 4) is 0 Å². The van der Waals surface area contributed by atoms with Gasteiger partial charge in [0.15, 0.2) is 5.54 Å². The van der Waals surface area contributed by atoms with Gasteiger partial charge in [0.25, 0.3) is 5.91 Å². The van der Waals surface area contributed by atoms with Crippen molar-refractivity contribution in [2.45, 2.75) is 24.8 Å². The van der Waals surface area contributed by atoms with Gasteiger partial charge in [0.1, 0.15) is 5.82 Å². The first-order chi connectivity index (χ1) is 14.4. The minimum atomic E-state index is -2.26. The summed E-state index contributed by atoms with van der Waals surface area (Å²) in [5.74, 6) is -3.14. The maximum atomic E-state index is 14.3. The molecule has 4 rings (SSSR count). The number of halogens is 1. The highest BCUT2D eigenvalue weighted by atomic mass is 19.1. The Kier molecular flexibility index (Phi) is 4.52. The van der Waals surface area contributed by atoms with Crippen LogP contribution in [0.1, 0.15) is 25.0 Å². The fraction of sp³-hybridized carbons (Fsp3) is 0.318. The van der Waals surface area contributed by atoms with E-state index in [9.17, 15) is 18.8 Å². The second-order valence-electron chi connectivity index (χ2n) is 7.14. The maximum absolute atomic E-state index is 14.3. The number of nitrogens with zero attached hydrogens (tertiary/aromatic N) is 1. The Morgan fingerprint density at radius 1 is 1.03 bits per heavy atom. The van der Waals surface area contributed by atoms with Crippen molar-refractivity contribution in [3.63, 3.8) is 0 Å². The van der Waals surface area contributed by atoms with Gasteiger partial charge in [0, 0.05) is 29.5 Å². The Morgan fingerprint density at radius 2 is 1.67 bits per heavy atom. The quantitative estimate of drug-likeness (QED) is 0.614. The third kappa shape index (κ3) is 2.21. The molecule has 8 heteroatoms. The van der Waals surface area contributed by atoms with E-state index in [1.165, 1.54) is 17.0 Å². The lowest BCUT2D eigenvalue weighted by Gasteiger charge is -2.38. The number of nitrogens with one attached hydrogen (secondary N) is 1. The lowest BCUT2D eigenvalue weighted by Crippen LogP contribution is -2.64. The van der Waals surface area contributed by atoms with Crippen LogP contribution in [0.3, 0.4) is 0 Å². The van der Waals surface area contributed by atoms with E-state index < -0.39 is 34.6 Å². The Balaban J connectivity index is 2.14. The zero-order valence-corrected chi connectivity index (χ0v) is 16.8. The highest BCUT2D eigenvalue weighted by Gasteiger charge is 2.76. The molecule has 0 fully saturated rings. The maximum Gasteiger partial charge on any atom is 0.331 e. The highest BCUT2D eigenvalue weighted by molar-refractivity contribution is 6.23. The third-order valence-corrected chi connectivity index (χ3v) is 5.73. The lowest BCUT2D eigenvalue weighted by molar-refractivity contribution is -0.170. The number of carbonyl (C=O) groups is 3. The van der Waals surface area contributed by atoms with Crippen molar-refractivity contribution in [1.29, 1.82) is 0 Å². The molecule has 1 N–H and O–H groups in total. The second kappa shape index (κ2) is 6.83. The van der Waals surface area contributed by atoms with Crippen molar-refractivity contribution in [1.82, 2.24) is 0 Å². The molecule has 0 aromatic heterocycles. The van der Waals surface area contributed by atoms with E-state index in [2.05, 4.69) is 5.32 Å². The predicted octanol–water partition coefficient (Wildman–Crippen LogP) is 2.49. The summed E-state index contributed by atoms with van der Waals surface area (Å²) < 4.78 is 24.9. The normalized spacial score (nSPS) is 20.5. The number of hydrogen-bond acceptors (Lipinski definition) is 6. The van der Waals surface area contributed by atoms with Gasteiger partial charge in [0.05, 0.1) is 13.2 Å². The van der Waals surface area contributed by atoms with Gasteiger partial charge in [-0.3, -0.25) is 14.4 Å². The van der Waals surface area contributed by atoms with Crippen LogP contribution in [0.2, 0.25) is 0 Å². The number of ether oxygens (including phenoxy) is 2. The summed E-state index contributed by atoms with van der Waals surface area (Å²) in [5.41, 5.74) is -2.88. The number of benzene rings is 2. The van der Waals surface area contributed by atoms with Gasteiger partial charge in [0.2, 0.25) is 5.41 Å². The smallest absolute Gasteiger partial charge is 0.331 e. The van der Waals surface area contributed by atoms with E-state index in [1.54, 1.807) is 45.2 Å². The van der Waals surface area contributed by atoms with Crippen LogP contribution < -0.4 is 10.2 Å². The summed E-state index contributed by atoms with van der Waals surface area (Å²) in [6.45, 7) is 3.11. The summed E-state index contributed by atoms with van der Waals surface area (Å²) in [4.78, 5) is 42.1. The molecule has 0 radical (unpaired) electrons. The number of rotatable bonds is 4. The molecule has 2 heterocycles. The van der Waals surface area contributed by atoms with Gasteiger partial charge in [-0.05, 0) is 38.1 Å². The van der Waals surface area contributed by atoms with Crippen LogP contribution in [0, 0.1) is 5.82 Å². The van der Waals surface area contributed by atoms with Gasteiger partial charge in [-0.25, -0.2) is 4.39 Å². The van der Waals surface area contributed by atoms with Crippen molar-refractivity contribution in [3.05, 3.63) is 59.4 Å². The van der Waals surface area contributed by atoms with Crippen LogP contribution in [0.25, 0.3) is 0 Å². The molecule has 2 aliphatic heterocycles. The Bertz CT molecular complexity index is 1050. The van der Waals surface area contributed by atoms with Crippen LogP contribution in [-0.2, 0) is 34.8 Å². The second-order valence-corrected chi connectivity index (χ2v) is 7.14. The number of hydrogen-bond donors (Lipinski definition) is 1. The van der Waals surface area contributed by atoms with E-state index in [0.717, 1.165) is 6.07 Å². The van der Waals surface area contributed by atoms with Crippen molar-refractivity contribution in [2.75, 3.05) is 30.5 Å². The topological polar surface area (TPSA) is 84.9 Å². The van der Waals surface area contributed by atoms with Gasteiger partial charge >= 0.3 is 11.9 Å². The molecular weight excluding hydrogens is 391 g/mol. The van der Waals surface area contributed by atoms with E-state index >= 15 is 0 Å². The van der Waals surface area contributed by atoms with Crippen LogP contribution >= 0.6 is 0 Å². The first kappa shape index (κ1) is 19.9. The van der Waals surface area contributed by atoms with Crippen LogP contribution in [0.15, 0.2) is 42.5 Å². The molecule has 30 heavy (non-hydrogen) atoms. The zero-order chi connectivity index (χ0) is 21.7. The number of para-hydroxylation sites is 1. The molecule has 0 saturated carbocycles. The standard InChI is InChI=1S/C22H21FN2O5/c1-4-29-19(27)21(20(28)30-5-2)15-12-13(23)10-11-16(15)24-22(21)14-8-6-7-9-17(14)25(3)18(22)26/h6-12,24H,4-5H2,1-3H3/t22-/m0/s1. The van der Waals surface area contributed by atoms with Gasteiger partial charge < -0.3 is 19.7 Å². The summed E-state index contributed by atoms with van der Waals surface area (Å²) in [7, 11) is 1.56. The molecule has 2 aromatic carbocycles. The summed E-state index contributed by atoms with van der Waals surface area (Å²) in [5, 5.41) is 3.08. The fourth-order valence-electron chi connectivity index (χ4n) is 4.56. The molecule has 7 nitrogen and oxygen atoms in total. The summed E-state index contributed by atoms with van der Waals surface area (Å²) in [6, 6.07) is 10.5. The molecule has 2 aromatic rings. The van der Waals surface area contributed by atoms with E-state index in [-0.39, 0.29) is 24.5 Å². The number of amides is 1. The number of likely N-dealkylation sites (N-methyl/N-ethyl adjacent to an activating group) is 1. The average Bonchev–Trinajstić information content (AvgIpc) is 3.15. The van der Waals surface area contributed by atoms with Crippen LogP contribution in [0.4, 0.5) is 15.8 Å². The van der Waals surface area contributed by atoms with E-state index in [1.807, 2.05) is 0 Å². The monoisotopic (exact) mass is 412 g/mol. The zero-order valence-electron chi connectivity index (χ0n) is 16.8. The van der Waals surface area contributed by atoms with E-state index in [0.29, 0.717) is 11.3 Å². The first-order valence-corrected chi connectivity index (χ1v) is 9.66. The Morgan fingerprint density at radius 3 is 2.30 bits per heavy atom. The number of carbonyl (C=O) groups excluding carboxylic acids is 3. The number of anilines is 2. The van der Waals surface area contributed by atoms with Crippen LogP contribution in [0.5, 0.6) is 0 Å². The minimum Gasteiger partial charge on any atom is -0.465 e. The van der Waals surface area contributed by atoms with Crippen molar-refractivity contribution >= 4 is 29.2 Å². The molecule has 0 unspecified atom stereocenters. The highest BCUT2D eigenvalue weighted by Crippen LogP contribution is 2.59. The molecule has 0 aliphatic carbocycles. The summed E-state index contributed by atoms with van der Waals surface area (Å²) >= 11 is 0. The van der Waals surface area contributed by atoms with Gasteiger partial charge in [-0.1, -0.05) is 18.2 Å². The fourth-order valence-corrected chi connectivity index (χ4v) is 4.56. The molecule has 1 amide bonds. The molecule has 1 atom stereocenters. The molecular formula is C22H21FN2O5. The number of esters is 2. The summed E-state index contributed by atoms with van der Waals surface area (Å²) in [6.07, 6.45) is 0. The number of fused-ring (bicyclic) bond motifs is 3. The molecule has 0 bridgehead atoms. The molecule has 2 aliphatic rings.